The number of rotatable bonds is 1. The SMILES string of the molecule is O=C1Nc2cccc(n2)-c2nncn2CCCCOc2ccc(N3C4CCC3COC4)cc21. The van der Waals surface area contributed by atoms with E-state index in [0.717, 1.165) is 51.1 Å². The van der Waals surface area contributed by atoms with Crippen LogP contribution in [0.15, 0.2) is 42.7 Å². The molecule has 9 nitrogen and oxygen atoms in total. The fraction of sp³-hybridized carbons (Fsp3) is 0.417. The first-order chi connectivity index (χ1) is 16.3. The summed E-state index contributed by atoms with van der Waals surface area (Å²) in [6, 6.07) is 12.2. The molecule has 3 aliphatic rings. The zero-order valence-corrected chi connectivity index (χ0v) is 18.3. The Morgan fingerprint density at radius 2 is 1.94 bits per heavy atom. The van der Waals surface area contributed by atoms with Crippen LogP contribution in [0.1, 0.15) is 36.0 Å². The summed E-state index contributed by atoms with van der Waals surface area (Å²) >= 11 is 0. The Bertz CT molecular complexity index is 1160. The van der Waals surface area contributed by atoms with Gasteiger partial charge in [0.25, 0.3) is 5.91 Å². The minimum Gasteiger partial charge on any atom is -0.493 e. The quantitative estimate of drug-likeness (QED) is 0.614. The van der Waals surface area contributed by atoms with E-state index in [9.17, 15) is 4.79 Å². The third-order valence-electron chi connectivity index (χ3n) is 6.63. The Kier molecular flexibility index (Phi) is 5.18. The van der Waals surface area contributed by atoms with Gasteiger partial charge in [0.15, 0.2) is 5.82 Å². The normalized spacial score (nSPS) is 22.5. The van der Waals surface area contributed by atoms with E-state index in [-0.39, 0.29) is 5.91 Å². The predicted molar refractivity (Wildman–Crippen MR) is 122 cm³/mol. The molecule has 33 heavy (non-hydrogen) atoms. The first-order valence-electron chi connectivity index (χ1n) is 11.6. The second-order valence-corrected chi connectivity index (χ2v) is 8.78. The van der Waals surface area contributed by atoms with E-state index in [1.807, 2.05) is 28.8 Å². The van der Waals surface area contributed by atoms with Crippen LogP contribution in [-0.4, -0.2) is 57.6 Å². The number of carbonyl (C=O) groups excluding carboxylic acids is 1. The molecule has 3 aromatic rings. The second-order valence-electron chi connectivity index (χ2n) is 8.78. The molecular weight excluding hydrogens is 420 g/mol. The molecule has 0 saturated carbocycles. The van der Waals surface area contributed by atoms with Crippen LogP contribution in [0.2, 0.25) is 0 Å². The number of nitrogens with zero attached hydrogens (tertiary/aromatic N) is 5. The van der Waals surface area contributed by atoms with Gasteiger partial charge in [0, 0.05) is 12.2 Å². The molecule has 0 radical (unpaired) electrons. The third kappa shape index (κ3) is 3.82. The maximum atomic E-state index is 13.4. The number of morpholine rings is 1. The summed E-state index contributed by atoms with van der Waals surface area (Å²) in [5, 5.41) is 11.2. The number of anilines is 2. The van der Waals surface area contributed by atoms with Crippen LogP contribution < -0.4 is 15.0 Å². The van der Waals surface area contributed by atoms with Crippen molar-refractivity contribution in [3.05, 3.63) is 48.3 Å². The minimum atomic E-state index is -0.240. The number of pyridine rings is 1. The van der Waals surface area contributed by atoms with E-state index in [2.05, 4.69) is 31.5 Å². The number of ether oxygens (including phenoxy) is 2. The molecule has 9 heteroatoms. The van der Waals surface area contributed by atoms with Crippen molar-refractivity contribution in [2.45, 2.75) is 44.3 Å². The molecule has 3 aliphatic heterocycles. The van der Waals surface area contributed by atoms with E-state index in [4.69, 9.17) is 9.47 Å². The summed E-state index contributed by atoms with van der Waals surface area (Å²) in [7, 11) is 0. The Balaban J connectivity index is 1.36. The second kappa shape index (κ2) is 8.47. The van der Waals surface area contributed by atoms with Crippen molar-refractivity contribution >= 4 is 17.4 Å². The van der Waals surface area contributed by atoms with Gasteiger partial charge in [0.1, 0.15) is 23.6 Å². The van der Waals surface area contributed by atoms with Crippen LogP contribution in [0, 0.1) is 0 Å². The number of hydrogen-bond donors (Lipinski definition) is 1. The number of benzene rings is 1. The van der Waals surface area contributed by atoms with Crippen molar-refractivity contribution in [2.24, 2.45) is 0 Å². The fourth-order valence-corrected chi connectivity index (χ4v) is 5.03. The molecule has 1 N–H and O–H groups in total. The molecule has 170 valence electrons. The molecule has 2 saturated heterocycles. The van der Waals surface area contributed by atoms with Crippen molar-refractivity contribution in [3.63, 3.8) is 0 Å². The number of amides is 1. The Morgan fingerprint density at radius 1 is 1.06 bits per heavy atom. The highest BCUT2D eigenvalue weighted by Gasteiger charge is 2.37. The van der Waals surface area contributed by atoms with Crippen molar-refractivity contribution in [2.75, 3.05) is 30.0 Å². The molecule has 6 rings (SSSR count). The average molecular weight is 447 g/mol. The molecular formula is C24H26N6O3. The highest BCUT2D eigenvalue weighted by molar-refractivity contribution is 6.06. The van der Waals surface area contributed by atoms with E-state index in [0.29, 0.717) is 47.3 Å². The van der Waals surface area contributed by atoms with Gasteiger partial charge in [0.2, 0.25) is 0 Å². The van der Waals surface area contributed by atoms with Crippen molar-refractivity contribution < 1.29 is 14.3 Å². The van der Waals surface area contributed by atoms with Gasteiger partial charge < -0.3 is 24.3 Å². The first-order valence-corrected chi connectivity index (χ1v) is 11.6. The number of fused-ring (bicyclic) bond motifs is 7. The molecule has 2 aromatic heterocycles. The summed E-state index contributed by atoms with van der Waals surface area (Å²) in [4.78, 5) is 20.4. The van der Waals surface area contributed by atoms with Crippen molar-refractivity contribution in [3.8, 4) is 17.3 Å². The molecule has 0 spiro atoms. The van der Waals surface area contributed by atoms with Crippen LogP contribution in [0.4, 0.5) is 11.5 Å². The Morgan fingerprint density at radius 3 is 2.82 bits per heavy atom. The van der Waals surface area contributed by atoms with Gasteiger partial charge in [-0.15, -0.1) is 10.2 Å². The maximum absolute atomic E-state index is 13.4. The highest BCUT2D eigenvalue weighted by atomic mass is 16.5. The van der Waals surface area contributed by atoms with Gasteiger partial charge in [-0.1, -0.05) is 6.07 Å². The number of aromatic nitrogens is 4. The van der Waals surface area contributed by atoms with Gasteiger partial charge in [-0.25, -0.2) is 4.98 Å². The summed E-state index contributed by atoms with van der Waals surface area (Å²) in [6.07, 6.45) is 5.70. The fourth-order valence-electron chi connectivity index (χ4n) is 5.03. The van der Waals surface area contributed by atoms with E-state index in [1.54, 1.807) is 12.4 Å². The van der Waals surface area contributed by atoms with Crippen LogP contribution in [0.25, 0.3) is 11.5 Å². The largest absolute Gasteiger partial charge is 0.493 e. The van der Waals surface area contributed by atoms with Crippen LogP contribution in [0.5, 0.6) is 5.75 Å². The minimum absolute atomic E-state index is 0.240. The summed E-state index contributed by atoms with van der Waals surface area (Å²) in [5.74, 6) is 1.51. The Labute approximate surface area is 191 Å². The molecule has 2 atom stereocenters. The molecule has 2 unspecified atom stereocenters. The number of carbonyl (C=O) groups is 1. The van der Waals surface area contributed by atoms with Crippen LogP contribution >= 0.6 is 0 Å². The summed E-state index contributed by atoms with van der Waals surface area (Å²) in [6.45, 7) is 2.77. The van der Waals surface area contributed by atoms with Gasteiger partial charge in [-0.2, -0.15) is 0 Å². The van der Waals surface area contributed by atoms with Crippen LogP contribution in [0.3, 0.4) is 0 Å². The highest BCUT2D eigenvalue weighted by Crippen LogP contribution is 2.36. The maximum Gasteiger partial charge on any atom is 0.260 e. The number of hydrogen-bond acceptors (Lipinski definition) is 7. The molecule has 2 fully saturated rings. The third-order valence-corrected chi connectivity index (χ3v) is 6.63. The lowest BCUT2D eigenvalue weighted by Gasteiger charge is -2.37. The van der Waals surface area contributed by atoms with Gasteiger partial charge >= 0.3 is 0 Å². The summed E-state index contributed by atoms with van der Waals surface area (Å²) in [5.41, 5.74) is 2.24. The number of aryl methyl sites for hydroxylation is 1. The summed E-state index contributed by atoms with van der Waals surface area (Å²) < 4.78 is 13.8. The van der Waals surface area contributed by atoms with E-state index < -0.39 is 0 Å². The zero-order chi connectivity index (χ0) is 22.2. The van der Waals surface area contributed by atoms with Crippen LogP contribution in [-0.2, 0) is 11.3 Å². The molecule has 5 heterocycles. The average Bonchev–Trinajstić information content (AvgIpc) is 3.40. The predicted octanol–water partition coefficient (Wildman–Crippen LogP) is 3.13. The van der Waals surface area contributed by atoms with Gasteiger partial charge in [-0.3, -0.25) is 4.79 Å². The first kappa shape index (κ1) is 20.2. The lowest BCUT2D eigenvalue weighted by molar-refractivity contribution is 0.0906. The van der Waals surface area contributed by atoms with E-state index >= 15 is 0 Å². The van der Waals surface area contributed by atoms with Crippen molar-refractivity contribution in [1.82, 2.24) is 19.7 Å². The molecule has 4 bridgehead atoms. The lowest BCUT2D eigenvalue weighted by atomic mass is 10.1. The monoisotopic (exact) mass is 446 g/mol. The number of nitrogens with one attached hydrogen (secondary N) is 1. The molecule has 1 amide bonds. The lowest BCUT2D eigenvalue weighted by Crippen LogP contribution is -2.46. The van der Waals surface area contributed by atoms with E-state index in [1.165, 1.54) is 0 Å². The molecule has 1 aromatic carbocycles. The smallest absolute Gasteiger partial charge is 0.260 e. The van der Waals surface area contributed by atoms with Gasteiger partial charge in [-0.05, 0) is 56.0 Å². The standard InChI is InChI=1S/C24H26N6O3/c31-24-19-12-16(30-17-6-7-18(30)14-32-13-17)8-9-21(19)33-11-2-1-10-29-15-25-28-23(29)20-4-3-5-22(26-20)27-24/h3-5,8-9,12,15,17-18H,1-2,6-7,10-11,13-14H2,(H,26,27,31). The molecule has 0 aliphatic carbocycles. The van der Waals surface area contributed by atoms with Crippen molar-refractivity contribution in [1.29, 1.82) is 0 Å². The van der Waals surface area contributed by atoms with Gasteiger partial charge in [0.05, 0.1) is 37.5 Å². The Hall–Kier alpha value is -3.46. The zero-order valence-electron chi connectivity index (χ0n) is 18.3. The topological polar surface area (TPSA) is 94.4 Å².